The van der Waals surface area contributed by atoms with Crippen LogP contribution in [0.1, 0.15) is 27.7 Å². The van der Waals surface area contributed by atoms with Gasteiger partial charge < -0.3 is 15.1 Å². The predicted molar refractivity (Wildman–Crippen MR) is 59.2 cm³/mol. The Balaban J connectivity index is 4.22. The van der Waals surface area contributed by atoms with Crippen LogP contribution < -0.4 is 0 Å². The summed E-state index contributed by atoms with van der Waals surface area (Å²) in [7, 11) is 2.05. The van der Waals surface area contributed by atoms with Gasteiger partial charge in [0.15, 0.2) is 0 Å². The number of aliphatic hydroxyl groups is 2. The van der Waals surface area contributed by atoms with Gasteiger partial charge in [-0.2, -0.15) is 0 Å². The van der Waals surface area contributed by atoms with Gasteiger partial charge in [-0.3, -0.25) is 0 Å². The molecule has 0 bridgehead atoms. The van der Waals surface area contributed by atoms with Gasteiger partial charge in [-0.05, 0) is 32.7 Å². The van der Waals surface area contributed by atoms with Crippen LogP contribution in [0.5, 0.6) is 0 Å². The van der Waals surface area contributed by atoms with Gasteiger partial charge >= 0.3 is 0 Å². The summed E-state index contributed by atoms with van der Waals surface area (Å²) in [6.07, 6.45) is 0. The maximum atomic E-state index is 9.06. The van der Waals surface area contributed by atoms with Crippen molar-refractivity contribution in [3.05, 3.63) is 0 Å². The van der Waals surface area contributed by atoms with Crippen molar-refractivity contribution in [2.45, 2.75) is 39.8 Å². The molecule has 0 fully saturated rings. The number of aliphatic hydroxyl groups excluding tert-OH is 2. The van der Waals surface area contributed by atoms with Gasteiger partial charge in [0.25, 0.3) is 0 Å². The first-order chi connectivity index (χ1) is 6.45. The first-order valence-corrected chi connectivity index (χ1v) is 5.39. The van der Waals surface area contributed by atoms with E-state index in [0.717, 1.165) is 0 Å². The van der Waals surface area contributed by atoms with Crippen molar-refractivity contribution in [1.29, 1.82) is 0 Å². The third-order valence-electron chi connectivity index (χ3n) is 3.51. The summed E-state index contributed by atoms with van der Waals surface area (Å²) >= 11 is 0. The minimum atomic E-state index is 0.214. The normalized spacial score (nSPS) is 20.6. The van der Waals surface area contributed by atoms with Crippen molar-refractivity contribution in [2.75, 3.05) is 20.3 Å². The Morgan fingerprint density at radius 3 is 1.36 bits per heavy atom. The summed E-state index contributed by atoms with van der Waals surface area (Å²) in [5, 5.41) is 18.1. The van der Waals surface area contributed by atoms with E-state index < -0.39 is 0 Å². The molecular formula is C11H25NO2. The van der Waals surface area contributed by atoms with Crippen LogP contribution >= 0.6 is 0 Å². The highest BCUT2D eigenvalue weighted by atomic mass is 16.3. The summed E-state index contributed by atoms with van der Waals surface area (Å²) in [4.78, 5) is 2.22. The van der Waals surface area contributed by atoms with Crippen LogP contribution in [0.2, 0.25) is 0 Å². The largest absolute Gasteiger partial charge is 0.396 e. The molecule has 86 valence electrons. The smallest absolute Gasteiger partial charge is 0.0471 e. The Bertz CT molecular complexity index is 136. The molecule has 3 nitrogen and oxygen atoms in total. The van der Waals surface area contributed by atoms with Crippen LogP contribution in [-0.2, 0) is 0 Å². The maximum Gasteiger partial charge on any atom is 0.0471 e. The van der Waals surface area contributed by atoms with E-state index in [1.165, 1.54) is 0 Å². The number of rotatable bonds is 6. The predicted octanol–water partition coefficient (Wildman–Crippen LogP) is 0.952. The zero-order chi connectivity index (χ0) is 11.3. The van der Waals surface area contributed by atoms with E-state index in [9.17, 15) is 0 Å². The Labute approximate surface area is 87.7 Å². The summed E-state index contributed by atoms with van der Waals surface area (Å²) < 4.78 is 0. The van der Waals surface area contributed by atoms with Crippen LogP contribution in [0.3, 0.4) is 0 Å². The van der Waals surface area contributed by atoms with Gasteiger partial charge in [-0.15, -0.1) is 0 Å². The zero-order valence-electron chi connectivity index (χ0n) is 10.1. The topological polar surface area (TPSA) is 43.7 Å². The molecule has 0 aromatic rings. The van der Waals surface area contributed by atoms with E-state index in [2.05, 4.69) is 18.7 Å². The van der Waals surface area contributed by atoms with Gasteiger partial charge in [-0.1, -0.05) is 13.8 Å². The summed E-state index contributed by atoms with van der Waals surface area (Å²) in [6, 6.07) is 0.674. The Kier molecular flexibility index (Phi) is 6.33. The van der Waals surface area contributed by atoms with Gasteiger partial charge in [0.1, 0.15) is 0 Å². The van der Waals surface area contributed by atoms with Crippen molar-refractivity contribution >= 4 is 0 Å². The zero-order valence-corrected chi connectivity index (χ0v) is 10.1. The molecule has 0 saturated carbocycles. The molecule has 3 heteroatoms. The monoisotopic (exact) mass is 203 g/mol. The Morgan fingerprint density at radius 1 is 0.857 bits per heavy atom. The minimum absolute atomic E-state index is 0.214. The molecule has 2 N–H and O–H groups in total. The van der Waals surface area contributed by atoms with E-state index in [-0.39, 0.29) is 25.0 Å². The number of hydrogen-bond donors (Lipinski definition) is 2. The van der Waals surface area contributed by atoms with E-state index in [1.807, 2.05) is 20.9 Å². The molecule has 0 rings (SSSR count). The molecule has 4 atom stereocenters. The fourth-order valence-corrected chi connectivity index (χ4v) is 1.48. The van der Waals surface area contributed by atoms with Crippen LogP contribution in [0.25, 0.3) is 0 Å². The molecular weight excluding hydrogens is 178 g/mol. The molecule has 0 radical (unpaired) electrons. The minimum Gasteiger partial charge on any atom is -0.396 e. The van der Waals surface area contributed by atoms with Crippen LogP contribution in [-0.4, -0.2) is 47.5 Å². The van der Waals surface area contributed by atoms with E-state index in [1.54, 1.807) is 0 Å². The third-order valence-corrected chi connectivity index (χ3v) is 3.51. The SMILES string of the molecule is CC(CO)C(C)N(C)C(C)C(C)CO. The Morgan fingerprint density at radius 2 is 1.14 bits per heavy atom. The lowest BCUT2D eigenvalue weighted by Gasteiger charge is -2.36. The quantitative estimate of drug-likeness (QED) is 0.675. The first kappa shape index (κ1) is 13.9. The second-order valence-corrected chi connectivity index (χ2v) is 4.47. The second kappa shape index (κ2) is 6.38. The third kappa shape index (κ3) is 3.56. The van der Waals surface area contributed by atoms with Crippen molar-refractivity contribution in [1.82, 2.24) is 4.90 Å². The molecule has 14 heavy (non-hydrogen) atoms. The summed E-state index contributed by atoms with van der Waals surface area (Å²) in [5.74, 6) is 0.543. The fourth-order valence-electron chi connectivity index (χ4n) is 1.48. The van der Waals surface area contributed by atoms with Crippen LogP contribution in [0.4, 0.5) is 0 Å². The summed E-state index contributed by atoms with van der Waals surface area (Å²) in [5.41, 5.74) is 0. The maximum absolute atomic E-state index is 9.06. The lowest BCUT2D eigenvalue weighted by Crippen LogP contribution is -2.45. The molecule has 0 aromatic carbocycles. The van der Waals surface area contributed by atoms with Crippen LogP contribution in [0.15, 0.2) is 0 Å². The lowest BCUT2D eigenvalue weighted by atomic mass is 9.97. The van der Waals surface area contributed by atoms with Gasteiger partial charge in [0.05, 0.1) is 0 Å². The molecule has 4 unspecified atom stereocenters. The standard InChI is InChI=1S/C11H25NO2/c1-8(6-13)10(3)12(5)11(4)9(2)7-14/h8-11,13-14H,6-7H2,1-5H3. The average molecular weight is 203 g/mol. The highest BCUT2D eigenvalue weighted by molar-refractivity contribution is 4.77. The Hall–Kier alpha value is -0.120. The molecule has 0 aliphatic carbocycles. The van der Waals surface area contributed by atoms with Crippen molar-refractivity contribution in [3.8, 4) is 0 Å². The molecule has 0 spiro atoms. The highest BCUT2D eigenvalue weighted by Gasteiger charge is 2.23. The first-order valence-electron chi connectivity index (χ1n) is 5.39. The van der Waals surface area contributed by atoms with E-state index >= 15 is 0 Å². The second-order valence-electron chi connectivity index (χ2n) is 4.47. The molecule has 0 aromatic heterocycles. The summed E-state index contributed by atoms with van der Waals surface area (Å²) in [6.45, 7) is 8.73. The molecule has 0 saturated heterocycles. The van der Waals surface area contributed by atoms with Crippen molar-refractivity contribution in [3.63, 3.8) is 0 Å². The number of nitrogens with zero attached hydrogens (tertiary/aromatic N) is 1. The fraction of sp³-hybridized carbons (Fsp3) is 1.00. The molecule has 0 aliphatic rings. The van der Waals surface area contributed by atoms with Crippen molar-refractivity contribution < 1.29 is 10.2 Å². The van der Waals surface area contributed by atoms with Gasteiger partial charge in [0, 0.05) is 25.3 Å². The van der Waals surface area contributed by atoms with E-state index in [4.69, 9.17) is 10.2 Å². The number of hydrogen-bond acceptors (Lipinski definition) is 3. The van der Waals surface area contributed by atoms with Crippen molar-refractivity contribution in [2.24, 2.45) is 11.8 Å². The highest BCUT2D eigenvalue weighted by Crippen LogP contribution is 2.16. The molecule has 0 aliphatic heterocycles. The van der Waals surface area contributed by atoms with Gasteiger partial charge in [0.2, 0.25) is 0 Å². The molecule has 0 amide bonds. The van der Waals surface area contributed by atoms with Crippen LogP contribution in [0, 0.1) is 11.8 Å². The lowest BCUT2D eigenvalue weighted by molar-refractivity contribution is 0.0699. The van der Waals surface area contributed by atoms with Gasteiger partial charge in [-0.25, -0.2) is 0 Å². The average Bonchev–Trinajstić information content (AvgIpc) is 2.23. The molecule has 0 heterocycles. The van der Waals surface area contributed by atoms with E-state index in [0.29, 0.717) is 12.1 Å².